The lowest BCUT2D eigenvalue weighted by molar-refractivity contribution is 0.0525. The summed E-state index contributed by atoms with van der Waals surface area (Å²) in [7, 11) is 0. The van der Waals surface area contributed by atoms with Crippen molar-refractivity contribution in [1.29, 1.82) is 0 Å². The minimum atomic E-state index is -0.663. The van der Waals surface area contributed by atoms with Gasteiger partial charge in [0.15, 0.2) is 11.6 Å². The molecule has 0 saturated heterocycles. The van der Waals surface area contributed by atoms with Gasteiger partial charge in [-0.2, -0.15) is 0 Å². The van der Waals surface area contributed by atoms with Crippen LogP contribution in [0.25, 0.3) is 0 Å². The molecule has 0 aliphatic heterocycles. The van der Waals surface area contributed by atoms with Crippen LogP contribution in [-0.2, 0) is 16.1 Å². The number of carbonyl (C=O) groups excluding carboxylic acids is 2. The van der Waals surface area contributed by atoms with E-state index in [0.29, 0.717) is 0 Å². The van der Waals surface area contributed by atoms with E-state index in [1.807, 2.05) is 30.3 Å². The minimum absolute atomic E-state index is 0.160. The molecule has 1 heterocycles. The van der Waals surface area contributed by atoms with Crippen LogP contribution < -0.4 is 10.1 Å². The van der Waals surface area contributed by atoms with Gasteiger partial charge in [0.05, 0.1) is 12.2 Å². The summed E-state index contributed by atoms with van der Waals surface area (Å²) >= 11 is 0. The zero-order valence-electron chi connectivity index (χ0n) is 15.9. The zero-order chi connectivity index (χ0) is 19.9. The van der Waals surface area contributed by atoms with E-state index >= 15 is 0 Å². The fourth-order valence-corrected chi connectivity index (χ4v) is 2.11. The van der Waals surface area contributed by atoms with Crippen LogP contribution in [0.15, 0.2) is 42.6 Å². The Balaban J connectivity index is 2.22. The van der Waals surface area contributed by atoms with Crippen molar-refractivity contribution in [3.63, 3.8) is 0 Å². The number of benzene rings is 1. The number of amides is 1. The predicted molar refractivity (Wildman–Crippen MR) is 101 cm³/mol. The zero-order valence-corrected chi connectivity index (χ0v) is 15.9. The molecule has 7 nitrogen and oxygen atoms in total. The summed E-state index contributed by atoms with van der Waals surface area (Å²) in [5, 5.41) is 2.55. The van der Waals surface area contributed by atoms with Gasteiger partial charge in [-0.1, -0.05) is 30.3 Å². The number of esters is 1. The molecule has 1 amide bonds. The summed E-state index contributed by atoms with van der Waals surface area (Å²) in [6.07, 6.45) is 0.656. The van der Waals surface area contributed by atoms with Crippen LogP contribution in [0.4, 0.5) is 10.6 Å². The van der Waals surface area contributed by atoms with Crippen molar-refractivity contribution in [1.82, 2.24) is 4.98 Å². The highest BCUT2D eigenvalue weighted by Crippen LogP contribution is 2.25. The number of aromatic nitrogens is 1. The van der Waals surface area contributed by atoms with Gasteiger partial charge in [-0.25, -0.2) is 14.6 Å². The smallest absolute Gasteiger partial charge is 0.413 e. The Morgan fingerprint density at radius 3 is 2.48 bits per heavy atom. The van der Waals surface area contributed by atoms with E-state index in [1.165, 1.54) is 12.3 Å². The van der Waals surface area contributed by atoms with Crippen LogP contribution in [0.5, 0.6) is 5.75 Å². The number of nitrogens with one attached hydrogen (secondary N) is 1. The van der Waals surface area contributed by atoms with Crippen LogP contribution in [0.1, 0.15) is 43.6 Å². The Hall–Kier alpha value is -3.09. The Labute approximate surface area is 158 Å². The molecular weight excluding hydrogens is 348 g/mol. The molecule has 1 aromatic heterocycles. The van der Waals surface area contributed by atoms with E-state index in [9.17, 15) is 9.59 Å². The van der Waals surface area contributed by atoms with Gasteiger partial charge in [-0.3, -0.25) is 5.32 Å². The highest BCUT2D eigenvalue weighted by atomic mass is 16.6. The molecule has 1 N–H and O–H groups in total. The van der Waals surface area contributed by atoms with Crippen LogP contribution in [0, 0.1) is 0 Å². The Kier molecular flexibility index (Phi) is 6.76. The third-order valence-corrected chi connectivity index (χ3v) is 3.22. The molecule has 0 bridgehead atoms. The van der Waals surface area contributed by atoms with Crippen molar-refractivity contribution in [3.05, 3.63) is 53.7 Å². The molecule has 27 heavy (non-hydrogen) atoms. The van der Waals surface area contributed by atoms with Gasteiger partial charge in [-0.05, 0) is 33.3 Å². The first-order valence-electron chi connectivity index (χ1n) is 8.62. The van der Waals surface area contributed by atoms with Crippen molar-refractivity contribution in [2.45, 2.75) is 39.9 Å². The van der Waals surface area contributed by atoms with Crippen molar-refractivity contribution in [2.24, 2.45) is 0 Å². The number of carbonyl (C=O) groups is 2. The van der Waals surface area contributed by atoms with E-state index in [4.69, 9.17) is 14.2 Å². The number of nitrogens with zero attached hydrogens (tertiary/aromatic N) is 1. The average molecular weight is 372 g/mol. The average Bonchev–Trinajstić information content (AvgIpc) is 2.60. The molecule has 0 aliphatic carbocycles. The van der Waals surface area contributed by atoms with Crippen molar-refractivity contribution in [3.8, 4) is 5.75 Å². The lowest BCUT2D eigenvalue weighted by Gasteiger charge is -2.20. The number of hydrogen-bond donors (Lipinski definition) is 1. The topological polar surface area (TPSA) is 86.8 Å². The fourth-order valence-electron chi connectivity index (χ4n) is 2.11. The Morgan fingerprint density at radius 2 is 1.85 bits per heavy atom. The van der Waals surface area contributed by atoms with E-state index in [2.05, 4.69) is 10.3 Å². The summed E-state index contributed by atoms with van der Waals surface area (Å²) < 4.78 is 16.0. The van der Waals surface area contributed by atoms with Gasteiger partial charge in [0.1, 0.15) is 12.2 Å². The van der Waals surface area contributed by atoms with Crippen LogP contribution >= 0.6 is 0 Å². The molecule has 2 rings (SSSR count). The molecule has 0 fully saturated rings. The van der Waals surface area contributed by atoms with Gasteiger partial charge in [-0.15, -0.1) is 0 Å². The molecule has 2 aromatic rings. The second-order valence-electron chi connectivity index (χ2n) is 6.69. The molecule has 0 aliphatic rings. The van der Waals surface area contributed by atoms with Crippen LogP contribution in [0.3, 0.4) is 0 Å². The molecule has 7 heteroatoms. The summed E-state index contributed by atoms with van der Waals surface area (Å²) in [6.45, 7) is 7.50. The Bertz CT molecular complexity index is 785. The third-order valence-electron chi connectivity index (χ3n) is 3.22. The van der Waals surface area contributed by atoms with Gasteiger partial charge < -0.3 is 14.2 Å². The lowest BCUT2D eigenvalue weighted by Crippen LogP contribution is -2.27. The molecule has 1 aromatic carbocycles. The number of pyridine rings is 1. The number of anilines is 1. The molecule has 0 unspecified atom stereocenters. The highest BCUT2D eigenvalue weighted by molar-refractivity contribution is 5.91. The lowest BCUT2D eigenvalue weighted by atomic mass is 10.2. The van der Waals surface area contributed by atoms with Gasteiger partial charge >= 0.3 is 12.1 Å². The van der Waals surface area contributed by atoms with E-state index in [0.717, 1.165) is 5.56 Å². The van der Waals surface area contributed by atoms with Crippen LogP contribution in [0.2, 0.25) is 0 Å². The second kappa shape index (κ2) is 9.02. The van der Waals surface area contributed by atoms with Gasteiger partial charge in [0.25, 0.3) is 0 Å². The van der Waals surface area contributed by atoms with Crippen molar-refractivity contribution < 1.29 is 23.8 Å². The predicted octanol–water partition coefficient (Wildman–Crippen LogP) is 4.18. The number of rotatable bonds is 6. The van der Waals surface area contributed by atoms with Gasteiger partial charge in [0.2, 0.25) is 0 Å². The molecular formula is C20H24N2O5. The number of ether oxygens (including phenoxy) is 3. The monoisotopic (exact) mass is 372 g/mol. The van der Waals surface area contributed by atoms with E-state index in [-0.39, 0.29) is 30.3 Å². The Morgan fingerprint density at radius 1 is 1.15 bits per heavy atom. The molecule has 0 radical (unpaired) electrons. The largest absolute Gasteiger partial charge is 0.485 e. The standard InChI is InChI=1S/C20H24N2O5/c1-5-25-18(23)15-11-16(26-13-14-9-7-6-8-10-14)17(21-12-15)22-19(24)27-20(2,3)4/h6-12H,5,13H2,1-4H3,(H,21,22,24). The second-order valence-corrected chi connectivity index (χ2v) is 6.69. The molecule has 0 atom stereocenters. The first-order valence-corrected chi connectivity index (χ1v) is 8.62. The first-order chi connectivity index (χ1) is 12.8. The summed E-state index contributed by atoms with van der Waals surface area (Å²) in [6, 6.07) is 11.0. The SMILES string of the molecule is CCOC(=O)c1cnc(NC(=O)OC(C)(C)C)c(OCc2ccccc2)c1. The number of hydrogen-bond acceptors (Lipinski definition) is 6. The first kappa shape index (κ1) is 20.2. The summed E-state index contributed by atoms with van der Waals surface area (Å²) in [4.78, 5) is 28.1. The quantitative estimate of drug-likeness (QED) is 0.765. The van der Waals surface area contributed by atoms with E-state index in [1.54, 1.807) is 27.7 Å². The highest BCUT2D eigenvalue weighted by Gasteiger charge is 2.20. The summed E-state index contributed by atoms with van der Waals surface area (Å²) in [5.41, 5.74) is 0.511. The van der Waals surface area contributed by atoms with Crippen LogP contribution in [-0.4, -0.2) is 29.3 Å². The van der Waals surface area contributed by atoms with Gasteiger partial charge in [0, 0.05) is 12.3 Å². The normalized spacial score (nSPS) is 10.8. The van der Waals surface area contributed by atoms with Crippen molar-refractivity contribution in [2.75, 3.05) is 11.9 Å². The van der Waals surface area contributed by atoms with Crippen molar-refractivity contribution >= 4 is 17.9 Å². The molecule has 0 saturated carbocycles. The van der Waals surface area contributed by atoms with E-state index < -0.39 is 17.7 Å². The summed E-state index contributed by atoms with van der Waals surface area (Å²) in [5.74, 6) is -0.109. The maximum absolute atomic E-state index is 12.1. The molecule has 0 spiro atoms. The third kappa shape index (κ3) is 6.62. The molecule has 144 valence electrons. The maximum Gasteiger partial charge on any atom is 0.413 e. The fraction of sp³-hybridized carbons (Fsp3) is 0.350. The maximum atomic E-state index is 12.1. The minimum Gasteiger partial charge on any atom is -0.485 e.